The molecule has 2 aliphatic heterocycles. The van der Waals surface area contributed by atoms with Gasteiger partial charge in [0.1, 0.15) is 18.4 Å². The lowest BCUT2D eigenvalue weighted by atomic mass is 9.95. The van der Waals surface area contributed by atoms with Crippen molar-refractivity contribution in [3.05, 3.63) is 108 Å². The van der Waals surface area contributed by atoms with Gasteiger partial charge in [0.05, 0.1) is 35.1 Å². The van der Waals surface area contributed by atoms with Gasteiger partial charge in [-0.3, -0.25) is 9.36 Å². The van der Waals surface area contributed by atoms with Gasteiger partial charge in [-0.05, 0) is 82.2 Å². The average Bonchev–Trinajstić information content (AvgIpc) is 3.63. The molecule has 4 aromatic rings. The van der Waals surface area contributed by atoms with Gasteiger partial charge in [0, 0.05) is 5.56 Å². The molecule has 0 radical (unpaired) electrons. The maximum absolute atomic E-state index is 14.2. The van der Waals surface area contributed by atoms with E-state index in [4.69, 9.17) is 33.4 Å². The van der Waals surface area contributed by atoms with Crippen molar-refractivity contribution in [2.45, 2.75) is 53.4 Å². The first-order valence-electron chi connectivity index (χ1n) is 15.5. The van der Waals surface area contributed by atoms with E-state index in [1.807, 2.05) is 81.4 Å². The van der Waals surface area contributed by atoms with Crippen molar-refractivity contribution in [3.63, 3.8) is 0 Å². The molecular weight excluding hydrogens is 620 g/mol. The minimum atomic E-state index is -0.784. The minimum Gasteiger partial charge on any atom is -0.491 e. The Labute approximate surface area is 276 Å². The second-order valence-electron chi connectivity index (χ2n) is 11.1. The van der Waals surface area contributed by atoms with Crippen LogP contribution in [0, 0.1) is 0 Å². The lowest BCUT2D eigenvalue weighted by molar-refractivity contribution is -0.139. The third kappa shape index (κ3) is 6.62. The number of fused-ring (bicyclic) bond motifs is 2. The SMILES string of the molecule is CCOC(=O)C1=C(C)N=c2s/c(=C/c3ccc(OCc4ccc5c(c4)OCO5)c(OCC)c3)c(=O)n2[C@H]1c1ccccc1OC(C)C. The topological polar surface area (TPSA) is 107 Å². The van der Waals surface area contributed by atoms with Gasteiger partial charge in [-0.2, -0.15) is 0 Å². The van der Waals surface area contributed by atoms with E-state index in [1.165, 1.54) is 11.3 Å². The Bertz CT molecular complexity index is 2030. The zero-order valence-corrected chi connectivity index (χ0v) is 27.7. The molecule has 0 spiro atoms. The monoisotopic (exact) mass is 656 g/mol. The second-order valence-corrected chi connectivity index (χ2v) is 12.1. The molecular formula is C36H36N2O8S. The Morgan fingerprint density at radius 3 is 2.60 bits per heavy atom. The van der Waals surface area contributed by atoms with Crippen LogP contribution >= 0.6 is 11.3 Å². The molecule has 0 N–H and O–H groups in total. The van der Waals surface area contributed by atoms with Crippen LogP contribution in [-0.2, 0) is 16.1 Å². The summed E-state index contributed by atoms with van der Waals surface area (Å²) in [5, 5.41) is 0. The first kappa shape index (κ1) is 31.9. The standard InChI is InChI=1S/C36H36N2O8S/c1-6-41-29-16-23(12-14-27(29)43-19-24-13-15-28-30(17-24)45-20-44-28)18-31-34(39)38-33(25-10-8-9-11-26(25)46-21(3)4)32(35(40)42-7-2)22(5)37-36(38)47-31/h8-18,21,33H,6-7,19-20H2,1-5H3/b31-18+/t33-/m0/s1. The highest BCUT2D eigenvalue weighted by molar-refractivity contribution is 7.07. The zero-order valence-electron chi connectivity index (χ0n) is 26.9. The fourth-order valence-electron chi connectivity index (χ4n) is 5.50. The number of para-hydroxylation sites is 1. The van der Waals surface area contributed by atoms with Crippen LogP contribution in [0.15, 0.2) is 81.7 Å². The number of rotatable bonds is 11. The third-order valence-corrected chi connectivity index (χ3v) is 8.47. The van der Waals surface area contributed by atoms with Gasteiger partial charge in [0.15, 0.2) is 27.8 Å². The number of hydrogen-bond donors (Lipinski definition) is 0. The fourth-order valence-corrected chi connectivity index (χ4v) is 6.55. The van der Waals surface area contributed by atoms with E-state index in [1.54, 1.807) is 24.5 Å². The Hall–Kier alpha value is -5.03. The summed E-state index contributed by atoms with van der Waals surface area (Å²) in [5.74, 6) is 2.58. The van der Waals surface area contributed by atoms with Crippen LogP contribution in [0.4, 0.5) is 0 Å². The largest absolute Gasteiger partial charge is 0.491 e. The summed E-state index contributed by atoms with van der Waals surface area (Å²) in [6.45, 7) is 10.4. The molecule has 0 fully saturated rings. The van der Waals surface area contributed by atoms with Gasteiger partial charge in [-0.25, -0.2) is 9.79 Å². The Morgan fingerprint density at radius 2 is 1.81 bits per heavy atom. The van der Waals surface area contributed by atoms with Crippen molar-refractivity contribution in [1.29, 1.82) is 0 Å². The van der Waals surface area contributed by atoms with E-state index >= 15 is 0 Å². The van der Waals surface area contributed by atoms with Crippen LogP contribution in [-0.4, -0.2) is 36.6 Å². The van der Waals surface area contributed by atoms with Crippen molar-refractivity contribution in [3.8, 4) is 28.7 Å². The number of aromatic nitrogens is 1. The number of nitrogens with zero attached hydrogens (tertiary/aromatic N) is 2. The van der Waals surface area contributed by atoms with E-state index in [2.05, 4.69) is 0 Å². The molecule has 0 amide bonds. The molecule has 47 heavy (non-hydrogen) atoms. The van der Waals surface area contributed by atoms with E-state index in [9.17, 15) is 9.59 Å². The third-order valence-electron chi connectivity index (χ3n) is 7.49. The molecule has 11 heteroatoms. The molecule has 1 aromatic heterocycles. The summed E-state index contributed by atoms with van der Waals surface area (Å²) in [4.78, 5) is 32.7. The van der Waals surface area contributed by atoms with Gasteiger partial charge in [-0.1, -0.05) is 41.7 Å². The lowest BCUT2D eigenvalue weighted by Gasteiger charge is -2.26. The molecule has 3 heterocycles. The molecule has 10 nitrogen and oxygen atoms in total. The summed E-state index contributed by atoms with van der Waals surface area (Å²) < 4.78 is 36.5. The number of hydrogen-bond acceptors (Lipinski definition) is 10. The van der Waals surface area contributed by atoms with E-state index in [0.717, 1.165) is 11.1 Å². The van der Waals surface area contributed by atoms with E-state index in [0.29, 0.717) is 68.1 Å². The van der Waals surface area contributed by atoms with Gasteiger partial charge in [-0.15, -0.1) is 0 Å². The highest BCUT2D eigenvalue weighted by atomic mass is 32.1. The molecule has 244 valence electrons. The molecule has 0 unspecified atom stereocenters. The molecule has 0 aliphatic carbocycles. The first-order chi connectivity index (χ1) is 22.8. The zero-order chi connectivity index (χ0) is 33.1. The smallest absolute Gasteiger partial charge is 0.338 e. The summed E-state index contributed by atoms with van der Waals surface area (Å²) in [6.07, 6.45) is 1.68. The van der Waals surface area contributed by atoms with Gasteiger partial charge >= 0.3 is 5.97 Å². The van der Waals surface area contributed by atoms with Crippen LogP contribution < -0.4 is 38.6 Å². The minimum absolute atomic E-state index is 0.119. The van der Waals surface area contributed by atoms with Crippen LogP contribution in [0.5, 0.6) is 28.7 Å². The Morgan fingerprint density at radius 1 is 1.00 bits per heavy atom. The number of carbonyl (C=O) groups is 1. The fraction of sp³-hybridized carbons (Fsp3) is 0.306. The maximum Gasteiger partial charge on any atom is 0.338 e. The van der Waals surface area contributed by atoms with Gasteiger partial charge in [0.25, 0.3) is 5.56 Å². The van der Waals surface area contributed by atoms with Crippen molar-refractivity contribution >= 4 is 23.4 Å². The second kappa shape index (κ2) is 13.8. The normalized spacial score (nSPS) is 15.4. The molecule has 0 bridgehead atoms. The van der Waals surface area contributed by atoms with Crippen molar-refractivity contribution < 1.29 is 33.2 Å². The molecule has 1 atom stereocenters. The first-order valence-corrected chi connectivity index (χ1v) is 16.3. The average molecular weight is 657 g/mol. The quantitative estimate of drug-likeness (QED) is 0.201. The number of thiazole rings is 1. The van der Waals surface area contributed by atoms with Crippen molar-refractivity contribution in [1.82, 2.24) is 4.57 Å². The number of esters is 1. The molecule has 0 saturated carbocycles. The summed E-state index contributed by atoms with van der Waals surface area (Å²) in [7, 11) is 0. The van der Waals surface area contributed by atoms with Gasteiger partial charge < -0.3 is 28.4 Å². The molecule has 3 aromatic carbocycles. The van der Waals surface area contributed by atoms with Crippen LogP contribution in [0.1, 0.15) is 57.4 Å². The summed E-state index contributed by atoms with van der Waals surface area (Å²) in [6, 6.07) is 17.9. The number of allylic oxidation sites excluding steroid dienone is 1. The summed E-state index contributed by atoms with van der Waals surface area (Å²) in [5.41, 5.74) is 2.85. The number of ether oxygens (including phenoxy) is 6. The van der Waals surface area contributed by atoms with E-state index < -0.39 is 12.0 Å². The Kier molecular flexibility index (Phi) is 9.35. The number of benzene rings is 3. The maximum atomic E-state index is 14.2. The van der Waals surface area contributed by atoms with Crippen molar-refractivity contribution in [2.24, 2.45) is 4.99 Å². The molecule has 0 saturated heterocycles. The predicted octanol–water partition coefficient (Wildman–Crippen LogP) is 5.29. The molecule has 2 aliphatic rings. The van der Waals surface area contributed by atoms with Crippen molar-refractivity contribution in [2.75, 3.05) is 20.0 Å². The highest BCUT2D eigenvalue weighted by Crippen LogP contribution is 2.37. The Balaban J connectivity index is 1.38. The van der Waals surface area contributed by atoms with Crippen LogP contribution in [0.2, 0.25) is 0 Å². The lowest BCUT2D eigenvalue weighted by Crippen LogP contribution is -2.40. The number of carbonyl (C=O) groups excluding carboxylic acids is 1. The summed E-state index contributed by atoms with van der Waals surface area (Å²) >= 11 is 1.25. The van der Waals surface area contributed by atoms with Gasteiger partial charge in [0.2, 0.25) is 6.79 Å². The predicted molar refractivity (Wildman–Crippen MR) is 177 cm³/mol. The van der Waals surface area contributed by atoms with E-state index in [-0.39, 0.29) is 25.1 Å². The highest BCUT2D eigenvalue weighted by Gasteiger charge is 2.35. The molecule has 6 rings (SSSR count). The van der Waals surface area contributed by atoms with Crippen LogP contribution in [0.25, 0.3) is 6.08 Å². The van der Waals surface area contributed by atoms with Crippen LogP contribution in [0.3, 0.4) is 0 Å².